The SMILES string of the molecule is COC(=O)c1c(N2CCOCC2)c(-c2ccc(Br)cc2)cn1C(=O)C1CC1. The fourth-order valence-corrected chi connectivity index (χ4v) is 3.70. The molecule has 1 aliphatic carbocycles. The third kappa shape index (κ3) is 3.53. The normalized spacial score (nSPS) is 17.0. The average Bonchev–Trinajstić information content (AvgIpc) is 3.48. The molecule has 142 valence electrons. The summed E-state index contributed by atoms with van der Waals surface area (Å²) < 4.78 is 13.0. The second-order valence-corrected chi connectivity index (χ2v) is 7.74. The summed E-state index contributed by atoms with van der Waals surface area (Å²) in [5.41, 5.74) is 2.88. The topological polar surface area (TPSA) is 60.8 Å². The number of rotatable bonds is 4. The molecular formula is C20H21BrN2O4. The van der Waals surface area contributed by atoms with E-state index in [9.17, 15) is 9.59 Å². The number of hydrogen-bond acceptors (Lipinski definition) is 5. The summed E-state index contributed by atoms with van der Waals surface area (Å²) in [6.45, 7) is 2.49. The molecule has 1 aromatic heterocycles. The number of benzene rings is 1. The van der Waals surface area contributed by atoms with Crippen LogP contribution in [0, 0.1) is 5.92 Å². The van der Waals surface area contributed by atoms with E-state index in [1.165, 1.54) is 11.7 Å². The van der Waals surface area contributed by atoms with Crippen LogP contribution >= 0.6 is 15.9 Å². The van der Waals surface area contributed by atoms with Gasteiger partial charge >= 0.3 is 5.97 Å². The summed E-state index contributed by atoms with van der Waals surface area (Å²) in [4.78, 5) is 27.7. The highest BCUT2D eigenvalue weighted by atomic mass is 79.9. The van der Waals surface area contributed by atoms with Gasteiger partial charge in [0.1, 0.15) is 0 Å². The van der Waals surface area contributed by atoms with Crippen LogP contribution in [0.1, 0.15) is 28.1 Å². The number of halogens is 1. The molecule has 0 spiro atoms. The van der Waals surface area contributed by atoms with E-state index < -0.39 is 5.97 Å². The molecule has 6 nitrogen and oxygen atoms in total. The van der Waals surface area contributed by atoms with Crippen molar-refractivity contribution in [2.75, 3.05) is 38.3 Å². The van der Waals surface area contributed by atoms with E-state index in [2.05, 4.69) is 20.8 Å². The Morgan fingerprint density at radius 2 is 1.81 bits per heavy atom. The van der Waals surface area contributed by atoms with Crippen LogP contribution in [0.3, 0.4) is 0 Å². The number of carbonyl (C=O) groups is 2. The minimum absolute atomic E-state index is 0.00360. The van der Waals surface area contributed by atoms with Crippen LogP contribution in [0.5, 0.6) is 0 Å². The largest absolute Gasteiger partial charge is 0.464 e. The maximum absolute atomic E-state index is 12.9. The lowest BCUT2D eigenvalue weighted by molar-refractivity contribution is 0.0579. The van der Waals surface area contributed by atoms with Gasteiger partial charge in [0.05, 0.1) is 26.0 Å². The van der Waals surface area contributed by atoms with Gasteiger partial charge in [0.25, 0.3) is 0 Å². The Bertz CT molecular complexity index is 865. The molecule has 0 unspecified atom stereocenters. The molecule has 2 aromatic rings. The molecule has 1 aliphatic heterocycles. The van der Waals surface area contributed by atoms with Crippen molar-refractivity contribution in [3.8, 4) is 11.1 Å². The first kappa shape index (κ1) is 18.3. The first-order valence-corrected chi connectivity index (χ1v) is 9.86. The first-order valence-electron chi connectivity index (χ1n) is 9.06. The zero-order valence-corrected chi connectivity index (χ0v) is 16.7. The molecular weight excluding hydrogens is 412 g/mol. The molecule has 7 heteroatoms. The lowest BCUT2D eigenvalue weighted by Crippen LogP contribution is -2.37. The molecule has 2 heterocycles. The quantitative estimate of drug-likeness (QED) is 0.690. The number of anilines is 1. The third-order valence-electron chi connectivity index (χ3n) is 5.00. The van der Waals surface area contributed by atoms with Gasteiger partial charge < -0.3 is 14.4 Å². The number of aromatic nitrogens is 1. The van der Waals surface area contributed by atoms with Crippen molar-refractivity contribution >= 4 is 33.5 Å². The van der Waals surface area contributed by atoms with E-state index in [1.807, 2.05) is 24.3 Å². The maximum atomic E-state index is 12.9. The second kappa shape index (κ2) is 7.48. The Hall–Kier alpha value is -2.12. The Kier molecular flexibility index (Phi) is 5.06. The molecule has 2 aliphatic rings. The lowest BCUT2D eigenvalue weighted by atomic mass is 10.1. The molecule has 0 atom stereocenters. The van der Waals surface area contributed by atoms with Gasteiger partial charge in [-0.1, -0.05) is 28.1 Å². The lowest BCUT2D eigenvalue weighted by Gasteiger charge is -2.30. The van der Waals surface area contributed by atoms with Gasteiger partial charge in [-0.2, -0.15) is 0 Å². The fraction of sp³-hybridized carbons (Fsp3) is 0.400. The maximum Gasteiger partial charge on any atom is 0.357 e. The van der Waals surface area contributed by atoms with Crippen LogP contribution < -0.4 is 4.90 Å². The molecule has 0 bridgehead atoms. The standard InChI is InChI=1S/C20H21BrN2O4/c1-26-20(25)18-17(22-8-10-27-11-9-22)16(13-4-6-15(21)7-5-13)12-23(18)19(24)14-2-3-14/h4-7,12,14H,2-3,8-11H2,1H3. The van der Waals surface area contributed by atoms with Crippen molar-refractivity contribution in [1.82, 2.24) is 4.57 Å². The average molecular weight is 433 g/mol. The molecule has 0 radical (unpaired) electrons. The molecule has 4 rings (SSSR count). The number of morpholine rings is 1. The van der Waals surface area contributed by atoms with Crippen molar-refractivity contribution < 1.29 is 19.1 Å². The number of nitrogens with zero attached hydrogens (tertiary/aromatic N) is 2. The van der Waals surface area contributed by atoms with E-state index in [4.69, 9.17) is 9.47 Å². The van der Waals surface area contributed by atoms with Crippen molar-refractivity contribution in [2.45, 2.75) is 12.8 Å². The van der Waals surface area contributed by atoms with Gasteiger partial charge in [0.2, 0.25) is 5.91 Å². The third-order valence-corrected chi connectivity index (χ3v) is 5.53. The van der Waals surface area contributed by atoms with Crippen LogP contribution in [0.2, 0.25) is 0 Å². The molecule has 2 fully saturated rings. The summed E-state index contributed by atoms with van der Waals surface area (Å²) in [6, 6.07) is 7.87. The second-order valence-electron chi connectivity index (χ2n) is 6.82. The highest BCUT2D eigenvalue weighted by Gasteiger charge is 2.36. The highest BCUT2D eigenvalue weighted by Crippen LogP contribution is 2.40. The minimum atomic E-state index is -0.492. The van der Waals surface area contributed by atoms with E-state index >= 15 is 0 Å². The van der Waals surface area contributed by atoms with Crippen molar-refractivity contribution in [1.29, 1.82) is 0 Å². The van der Waals surface area contributed by atoms with Gasteiger partial charge in [-0.05, 0) is 30.5 Å². The predicted octanol–water partition coefficient (Wildman–Crippen LogP) is 3.59. The van der Waals surface area contributed by atoms with Crippen molar-refractivity contribution in [3.05, 3.63) is 40.6 Å². The molecule has 0 N–H and O–H groups in total. The van der Waals surface area contributed by atoms with Gasteiger partial charge in [0, 0.05) is 35.2 Å². The van der Waals surface area contributed by atoms with Gasteiger partial charge in [-0.15, -0.1) is 0 Å². The number of methoxy groups -OCH3 is 1. The predicted molar refractivity (Wildman–Crippen MR) is 105 cm³/mol. The van der Waals surface area contributed by atoms with Crippen molar-refractivity contribution in [2.24, 2.45) is 5.92 Å². The summed E-state index contributed by atoms with van der Waals surface area (Å²) in [7, 11) is 1.35. The van der Waals surface area contributed by atoms with Crippen molar-refractivity contribution in [3.63, 3.8) is 0 Å². The van der Waals surface area contributed by atoms with Gasteiger partial charge in [0.15, 0.2) is 5.69 Å². The molecule has 27 heavy (non-hydrogen) atoms. The number of ether oxygens (including phenoxy) is 2. The van der Waals surface area contributed by atoms with Gasteiger partial charge in [-0.3, -0.25) is 9.36 Å². The number of esters is 1. The fourth-order valence-electron chi connectivity index (χ4n) is 3.44. The molecule has 1 aromatic carbocycles. The Balaban J connectivity index is 1.91. The Labute approximate surface area is 166 Å². The van der Waals surface area contributed by atoms with Crippen LogP contribution in [0.15, 0.2) is 34.9 Å². The van der Waals surface area contributed by atoms with Crippen LogP contribution in [-0.4, -0.2) is 49.9 Å². The van der Waals surface area contributed by atoms with Gasteiger partial charge in [-0.25, -0.2) is 4.79 Å². The smallest absolute Gasteiger partial charge is 0.357 e. The molecule has 0 amide bonds. The first-order chi connectivity index (χ1) is 13.1. The Morgan fingerprint density at radius 3 is 2.41 bits per heavy atom. The number of hydrogen-bond donors (Lipinski definition) is 0. The van der Waals surface area contributed by atoms with Crippen LogP contribution in [0.4, 0.5) is 5.69 Å². The van der Waals surface area contributed by atoms with Crippen LogP contribution in [-0.2, 0) is 9.47 Å². The summed E-state index contributed by atoms with van der Waals surface area (Å²) >= 11 is 3.46. The molecule has 1 saturated carbocycles. The highest BCUT2D eigenvalue weighted by molar-refractivity contribution is 9.10. The summed E-state index contributed by atoms with van der Waals surface area (Å²) in [6.07, 6.45) is 3.54. The summed E-state index contributed by atoms with van der Waals surface area (Å²) in [5.74, 6) is -0.529. The van der Waals surface area contributed by atoms with E-state index in [1.54, 1.807) is 6.20 Å². The summed E-state index contributed by atoms with van der Waals surface area (Å²) in [5, 5.41) is 0. The molecule has 1 saturated heterocycles. The zero-order valence-electron chi connectivity index (χ0n) is 15.1. The zero-order chi connectivity index (χ0) is 19.0. The van der Waals surface area contributed by atoms with Crippen LogP contribution in [0.25, 0.3) is 11.1 Å². The van der Waals surface area contributed by atoms with E-state index in [-0.39, 0.29) is 11.8 Å². The van der Waals surface area contributed by atoms with E-state index in [0.29, 0.717) is 32.0 Å². The minimum Gasteiger partial charge on any atom is -0.464 e. The monoisotopic (exact) mass is 432 g/mol. The Morgan fingerprint density at radius 1 is 1.15 bits per heavy atom. The van der Waals surface area contributed by atoms with E-state index in [0.717, 1.165) is 34.1 Å². The number of carbonyl (C=O) groups excluding carboxylic acids is 2.